The zero-order valence-corrected chi connectivity index (χ0v) is 10.00. The predicted molar refractivity (Wildman–Crippen MR) is 65.7 cm³/mol. The maximum atomic E-state index is 11.0. The zero-order chi connectivity index (χ0) is 12.5. The Morgan fingerprint density at radius 1 is 1.47 bits per heavy atom. The minimum Gasteiger partial charge on any atom is -0.478 e. The van der Waals surface area contributed by atoms with Crippen molar-refractivity contribution >= 4 is 23.3 Å². The third-order valence-electron chi connectivity index (χ3n) is 3.16. The number of carbonyl (C=O) groups is 1. The second-order valence-electron chi connectivity index (χ2n) is 4.51. The Morgan fingerprint density at radius 2 is 2.18 bits per heavy atom. The van der Waals surface area contributed by atoms with Gasteiger partial charge in [0.2, 0.25) is 0 Å². The van der Waals surface area contributed by atoms with E-state index in [1.807, 2.05) is 0 Å². The number of rotatable bonds is 5. The molecule has 1 aromatic rings. The van der Waals surface area contributed by atoms with Crippen LogP contribution in [0.1, 0.15) is 23.2 Å². The molecule has 0 spiro atoms. The summed E-state index contributed by atoms with van der Waals surface area (Å²) in [6.45, 7) is 0.724. The van der Waals surface area contributed by atoms with Gasteiger partial charge in [-0.1, -0.05) is 11.6 Å². The number of aliphatic hydroxyl groups is 1. The number of aliphatic hydroxyl groups excluding tert-OH is 1. The van der Waals surface area contributed by atoms with Crippen LogP contribution in [0.15, 0.2) is 18.2 Å². The maximum Gasteiger partial charge on any atom is 0.337 e. The minimum atomic E-state index is -1.01. The highest BCUT2D eigenvalue weighted by molar-refractivity contribution is 6.31. The lowest BCUT2D eigenvalue weighted by Crippen LogP contribution is -2.20. The van der Waals surface area contributed by atoms with Gasteiger partial charge in [0.25, 0.3) is 0 Å². The molecule has 0 unspecified atom stereocenters. The number of halogens is 1. The standard InChI is InChI=1S/C12H14ClNO3/c13-8-1-2-10(9(5-8)11(16)17)14-6-12(7-15)3-4-12/h1-2,5,14-15H,3-4,6-7H2,(H,16,17). The van der Waals surface area contributed by atoms with E-state index >= 15 is 0 Å². The maximum absolute atomic E-state index is 11.0. The van der Waals surface area contributed by atoms with Gasteiger partial charge in [0.15, 0.2) is 0 Å². The minimum absolute atomic E-state index is 0.0601. The lowest BCUT2D eigenvalue weighted by atomic mass is 10.1. The molecule has 2 rings (SSSR count). The summed E-state index contributed by atoms with van der Waals surface area (Å²) in [6, 6.07) is 4.72. The largest absolute Gasteiger partial charge is 0.478 e. The Kier molecular flexibility index (Phi) is 3.26. The average Bonchev–Trinajstić information content (AvgIpc) is 3.08. The first-order chi connectivity index (χ1) is 8.06. The van der Waals surface area contributed by atoms with E-state index in [4.69, 9.17) is 16.7 Å². The van der Waals surface area contributed by atoms with Gasteiger partial charge in [0.1, 0.15) is 0 Å². The first-order valence-corrected chi connectivity index (χ1v) is 5.82. The van der Waals surface area contributed by atoms with Crippen molar-refractivity contribution in [1.29, 1.82) is 0 Å². The third kappa shape index (κ3) is 2.70. The summed E-state index contributed by atoms with van der Waals surface area (Å²) in [5.74, 6) is -1.01. The first kappa shape index (κ1) is 12.2. The van der Waals surface area contributed by atoms with Crippen LogP contribution in [0.25, 0.3) is 0 Å². The lowest BCUT2D eigenvalue weighted by Gasteiger charge is -2.15. The van der Waals surface area contributed by atoms with E-state index in [1.54, 1.807) is 12.1 Å². The molecule has 0 radical (unpaired) electrons. The van der Waals surface area contributed by atoms with Gasteiger partial charge >= 0.3 is 5.97 Å². The summed E-state index contributed by atoms with van der Waals surface area (Å²) in [7, 11) is 0. The molecular formula is C12H14ClNO3. The van der Waals surface area contributed by atoms with Crippen LogP contribution in [0.2, 0.25) is 5.02 Å². The first-order valence-electron chi connectivity index (χ1n) is 5.44. The van der Waals surface area contributed by atoms with Crippen LogP contribution < -0.4 is 5.32 Å². The highest BCUT2D eigenvalue weighted by Crippen LogP contribution is 2.45. The van der Waals surface area contributed by atoms with E-state index in [0.717, 1.165) is 12.8 Å². The molecule has 0 atom stereocenters. The number of aromatic carboxylic acids is 1. The van der Waals surface area contributed by atoms with E-state index in [0.29, 0.717) is 17.3 Å². The van der Waals surface area contributed by atoms with Crippen LogP contribution >= 0.6 is 11.6 Å². The number of hydrogen-bond acceptors (Lipinski definition) is 3. The molecule has 0 saturated heterocycles. The van der Waals surface area contributed by atoms with Gasteiger partial charge in [-0.25, -0.2) is 4.79 Å². The molecule has 3 N–H and O–H groups in total. The number of hydrogen-bond donors (Lipinski definition) is 3. The van der Waals surface area contributed by atoms with Crippen LogP contribution in [0.4, 0.5) is 5.69 Å². The van der Waals surface area contributed by atoms with Gasteiger partial charge < -0.3 is 15.5 Å². The molecule has 4 nitrogen and oxygen atoms in total. The van der Waals surface area contributed by atoms with Gasteiger partial charge in [0, 0.05) is 22.7 Å². The summed E-state index contributed by atoms with van der Waals surface area (Å²) < 4.78 is 0. The number of carboxylic acids is 1. The van der Waals surface area contributed by atoms with E-state index < -0.39 is 5.97 Å². The molecule has 17 heavy (non-hydrogen) atoms. The van der Waals surface area contributed by atoms with Crippen LogP contribution in [0.5, 0.6) is 0 Å². The Hall–Kier alpha value is -1.26. The summed E-state index contributed by atoms with van der Waals surface area (Å²) in [5.41, 5.74) is 0.642. The topological polar surface area (TPSA) is 69.6 Å². The van der Waals surface area contributed by atoms with Crippen molar-refractivity contribution in [3.8, 4) is 0 Å². The van der Waals surface area contributed by atoms with Crippen LogP contribution in [-0.2, 0) is 0 Å². The molecule has 5 heteroatoms. The second kappa shape index (κ2) is 4.55. The quantitative estimate of drug-likeness (QED) is 0.755. The van der Waals surface area contributed by atoms with E-state index in [2.05, 4.69) is 5.32 Å². The summed E-state index contributed by atoms with van der Waals surface area (Å²) in [4.78, 5) is 11.0. The molecule has 0 heterocycles. The van der Waals surface area contributed by atoms with Crippen molar-refractivity contribution in [2.75, 3.05) is 18.5 Å². The van der Waals surface area contributed by atoms with E-state index in [9.17, 15) is 9.90 Å². The Bertz CT molecular complexity index is 443. The van der Waals surface area contributed by atoms with Crippen LogP contribution in [0.3, 0.4) is 0 Å². The molecule has 1 fully saturated rings. The molecule has 92 valence electrons. The monoisotopic (exact) mass is 255 g/mol. The molecular weight excluding hydrogens is 242 g/mol. The van der Waals surface area contributed by atoms with Crippen LogP contribution in [0, 0.1) is 5.41 Å². The molecule has 0 aromatic heterocycles. The molecule has 1 aromatic carbocycles. The number of anilines is 1. The number of benzene rings is 1. The number of carboxylic acid groups (broad SMARTS) is 1. The third-order valence-corrected chi connectivity index (χ3v) is 3.39. The fraction of sp³-hybridized carbons (Fsp3) is 0.417. The van der Waals surface area contributed by atoms with Gasteiger partial charge in [-0.05, 0) is 31.0 Å². The molecule has 0 bridgehead atoms. The second-order valence-corrected chi connectivity index (χ2v) is 4.94. The zero-order valence-electron chi connectivity index (χ0n) is 9.24. The van der Waals surface area contributed by atoms with Crippen molar-refractivity contribution in [1.82, 2.24) is 0 Å². The van der Waals surface area contributed by atoms with Crippen molar-refractivity contribution in [2.24, 2.45) is 5.41 Å². The van der Waals surface area contributed by atoms with Crippen LogP contribution in [-0.4, -0.2) is 29.3 Å². The predicted octanol–water partition coefficient (Wildman–Crippen LogP) is 2.22. The highest BCUT2D eigenvalue weighted by Gasteiger charge is 2.41. The fourth-order valence-corrected chi connectivity index (χ4v) is 1.87. The normalized spacial score (nSPS) is 16.6. The summed E-state index contributed by atoms with van der Waals surface area (Å²) in [6.07, 6.45) is 1.96. The van der Waals surface area contributed by atoms with Gasteiger partial charge in [-0.2, -0.15) is 0 Å². The Labute approximate surface area is 104 Å². The SMILES string of the molecule is O=C(O)c1cc(Cl)ccc1NCC1(CO)CC1. The average molecular weight is 256 g/mol. The lowest BCUT2D eigenvalue weighted by molar-refractivity contribution is 0.0698. The van der Waals surface area contributed by atoms with Gasteiger partial charge in [0.05, 0.1) is 12.2 Å². The summed E-state index contributed by atoms with van der Waals surface area (Å²) >= 11 is 5.76. The van der Waals surface area contributed by atoms with Crippen molar-refractivity contribution < 1.29 is 15.0 Å². The molecule has 1 aliphatic carbocycles. The Balaban J connectivity index is 2.12. The molecule has 1 aliphatic rings. The fourth-order valence-electron chi connectivity index (χ4n) is 1.70. The molecule has 0 aliphatic heterocycles. The van der Waals surface area contributed by atoms with Crippen molar-refractivity contribution in [3.05, 3.63) is 28.8 Å². The van der Waals surface area contributed by atoms with E-state index in [1.165, 1.54) is 6.07 Å². The number of nitrogens with one attached hydrogen (secondary N) is 1. The molecule has 0 amide bonds. The molecule has 1 saturated carbocycles. The summed E-state index contributed by atoms with van der Waals surface area (Å²) in [5, 5.41) is 21.7. The van der Waals surface area contributed by atoms with Crippen molar-refractivity contribution in [3.63, 3.8) is 0 Å². The van der Waals surface area contributed by atoms with Crippen molar-refractivity contribution in [2.45, 2.75) is 12.8 Å². The highest BCUT2D eigenvalue weighted by atomic mass is 35.5. The van der Waals surface area contributed by atoms with Gasteiger partial charge in [-0.3, -0.25) is 0 Å². The van der Waals surface area contributed by atoms with E-state index in [-0.39, 0.29) is 17.6 Å². The van der Waals surface area contributed by atoms with Gasteiger partial charge in [-0.15, -0.1) is 0 Å². The smallest absolute Gasteiger partial charge is 0.337 e. The Morgan fingerprint density at radius 3 is 2.71 bits per heavy atom.